The van der Waals surface area contributed by atoms with Crippen LogP contribution in [0.3, 0.4) is 0 Å². The normalized spacial score (nSPS) is 15.1. The van der Waals surface area contributed by atoms with Crippen LogP contribution in [0.5, 0.6) is 0 Å². The summed E-state index contributed by atoms with van der Waals surface area (Å²) in [5.41, 5.74) is -0.869. The second kappa shape index (κ2) is 5.98. The van der Waals surface area contributed by atoms with Crippen molar-refractivity contribution in [3.63, 3.8) is 0 Å². The van der Waals surface area contributed by atoms with E-state index in [1.54, 1.807) is 24.3 Å². The minimum atomic E-state index is -0.869. The van der Waals surface area contributed by atoms with Crippen molar-refractivity contribution in [1.29, 1.82) is 0 Å². The van der Waals surface area contributed by atoms with Gasteiger partial charge in [-0.2, -0.15) is 0 Å². The highest BCUT2D eigenvalue weighted by Crippen LogP contribution is 2.14. The van der Waals surface area contributed by atoms with E-state index < -0.39 is 5.60 Å². The van der Waals surface area contributed by atoms with Crippen LogP contribution in [0.1, 0.15) is 25.6 Å². The van der Waals surface area contributed by atoms with E-state index in [4.69, 9.17) is 0 Å². The lowest BCUT2D eigenvalue weighted by molar-refractivity contribution is -0.118. The van der Waals surface area contributed by atoms with Gasteiger partial charge < -0.3 is 10.4 Å². The third kappa shape index (κ3) is 4.71. The average molecular weight is 253 g/mol. The van der Waals surface area contributed by atoms with Crippen molar-refractivity contribution in [2.24, 2.45) is 5.92 Å². The second-order valence-electron chi connectivity index (χ2n) is 4.58. The predicted molar refractivity (Wildman–Crippen MR) is 71.8 cm³/mol. The lowest BCUT2D eigenvalue weighted by Crippen LogP contribution is -2.43. The number of carbonyl (C=O) groups excluding carboxylic acids is 1. The molecule has 0 saturated heterocycles. The maximum Gasteiger partial charge on any atom is 0.244 e. The average Bonchev–Trinajstić information content (AvgIpc) is 2.76. The fraction of sp³-hybridized carbons (Fsp3) is 0.462. The van der Waals surface area contributed by atoms with Crippen molar-refractivity contribution in [2.45, 2.75) is 26.4 Å². The Morgan fingerprint density at radius 2 is 2.35 bits per heavy atom. The molecule has 94 valence electrons. The lowest BCUT2D eigenvalue weighted by Gasteiger charge is -2.27. The molecule has 0 aliphatic carbocycles. The lowest BCUT2D eigenvalue weighted by atomic mass is 9.92. The molecule has 3 nitrogen and oxygen atoms in total. The summed E-state index contributed by atoms with van der Waals surface area (Å²) < 4.78 is 0. The van der Waals surface area contributed by atoms with Gasteiger partial charge >= 0.3 is 0 Å². The molecule has 0 fully saturated rings. The molecule has 1 aromatic heterocycles. The van der Waals surface area contributed by atoms with Crippen molar-refractivity contribution in [3.05, 3.63) is 28.5 Å². The number of rotatable bonds is 5. The first-order chi connectivity index (χ1) is 7.92. The van der Waals surface area contributed by atoms with E-state index in [1.807, 2.05) is 31.4 Å². The fourth-order valence-corrected chi connectivity index (χ4v) is 1.69. The quantitative estimate of drug-likeness (QED) is 0.791. The zero-order valence-electron chi connectivity index (χ0n) is 10.4. The Kier molecular flexibility index (Phi) is 4.90. The van der Waals surface area contributed by atoms with Gasteiger partial charge in [0.25, 0.3) is 0 Å². The number of hydrogen-bond donors (Lipinski definition) is 2. The van der Waals surface area contributed by atoms with Gasteiger partial charge in [0.2, 0.25) is 5.91 Å². The summed E-state index contributed by atoms with van der Waals surface area (Å²) in [5, 5.41) is 14.6. The predicted octanol–water partition coefficient (Wildman–Crippen LogP) is 2.28. The SMILES string of the molecule is CC(C)C(C)(O)CNC(=O)C=Cc1cccs1. The summed E-state index contributed by atoms with van der Waals surface area (Å²) in [5.74, 6) is -0.0802. The van der Waals surface area contributed by atoms with E-state index in [-0.39, 0.29) is 18.4 Å². The molecule has 1 amide bonds. The van der Waals surface area contributed by atoms with Crippen molar-refractivity contribution < 1.29 is 9.90 Å². The highest BCUT2D eigenvalue weighted by molar-refractivity contribution is 7.10. The summed E-state index contributed by atoms with van der Waals surface area (Å²) in [6, 6.07) is 3.88. The summed E-state index contributed by atoms with van der Waals surface area (Å²) >= 11 is 1.58. The highest BCUT2D eigenvalue weighted by atomic mass is 32.1. The van der Waals surface area contributed by atoms with Crippen LogP contribution in [-0.4, -0.2) is 23.2 Å². The van der Waals surface area contributed by atoms with Gasteiger partial charge in [0.15, 0.2) is 0 Å². The van der Waals surface area contributed by atoms with Crippen LogP contribution in [0.25, 0.3) is 6.08 Å². The number of amides is 1. The number of thiophene rings is 1. The van der Waals surface area contributed by atoms with Crippen LogP contribution in [0.2, 0.25) is 0 Å². The zero-order valence-corrected chi connectivity index (χ0v) is 11.3. The first-order valence-corrected chi connectivity index (χ1v) is 6.51. The van der Waals surface area contributed by atoms with Crippen LogP contribution < -0.4 is 5.32 Å². The molecule has 1 unspecified atom stereocenters. The Balaban J connectivity index is 2.41. The van der Waals surface area contributed by atoms with Gasteiger partial charge in [0, 0.05) is 17.5 Å². The summed E-state index contributed by atoms with van der Waals surface area (Å²) in [6.07, 6.45) is 3.26. The van der Waals surface area contributed by atoms with Gasteiger partial charge in [-0.15, -0.1) is 11.3 Å². The van der Waals surface area contributed by atoms with Crippen LogP contribution in [-0.2, 0) is 4.79 Å². The molecule has 0 aliphatic heterocycles. The Bertz CT molecular complexity index is 380. The van der Waals surface area contributed by atoms with Gasteiger partial charge in [-0.25, -0.2) is 0 Å². The van der Waals surface area contributed by atoms with Crippen molar-refractivity contribution in [1.82, 2.24) is 5.32 Å². The van der Waals surface area contributed by atoms with Gasteiger partial charge in [-0.1, -0.05) is 19.9 Å². The van der Waals surface area contributed by atoms with Gasteiger partial charge in [-0.05, 0) is 30.4 Å². The Labute approximate surface area is 106 Å². The Morgan fingerprint density at radius 3 is 2.88 bits per heavy atom. The molecule has 17 heavy (non-hydrogen) atoms. The topological polar surface area (TPSA) is 49.3 Å². The largest absolute Gasteiger partial charge is 0.388 e. The smallest absolute Gasteiger partial charge is 0.244 e. The molecule has 4 heteroatoms. The van der Waals surface area contributed by atoms with E-state index in [0.29, 0.717) is 0 Å². The van der Waals surface area contributed by atoms with E-state index in [2.05, 4.69) is 5.32 Å². The van der Waals surface area contributed by atoms with Gasteiger partial charge in [0.05, 0.1) is 5.60 Å². The minimum Gasteiger partial charge on any atom is -0.388 e. The molecule has 0 aromatic carbocycles. The first-order valence-electron chi connectivity index (χ1n) is 5.63. The minimum absolute atomic E-state index is 0.101. The Hall–Kier alpha value is -1.13. The van der Waals surface area contributed by atoms with E-state index >= 15 is 0 Å². The van der Waals surface area contributed by atoms with Crippen LogP contribution in [0, 0.1) is 5.92 Å². The third-order valence-corrected chi connectivity index (χ3v) is 3.64. The second-order valence-corrected chi connectivity index (χ2v) is 5.56. The number of nitrogens with one attached hydrogen (secondary N) is 1. The van der Waals surface area contributed by atoms with Crippen molar-refractivity contribution in [2.75, 3.05) is 6.54 Å². The van der Waals surface area contributed by atoms with Crippen molar-refractivity contribution >= 4 is 23.3 Å². The maximum absolute atomic E-state index is 11.5. The summed E-state index contributed by atoms with van der Waals surface area (Å²) in [7, 11) is 0. The fourth-order valence-electron chi connectivity index (χ4n) is 1.07. The molecule has 0 saturated carbocycles. The number of carbonyl (C=O) groups is 1. The summed E-state index contributed by atoms with van der Waals surface area (Å²) in [4.78, 5) is 12.5. The van der Waals surface area contributed by atoms with Gasteiger partial charge in [-0.3, -0.25) is 4.79 Å². The Morgan fingerprint density at radius 1 is 1.65 bits per heavy atom. The molecule has 2 N–H and O–H groups in total. The third-order valence-electron chi connectivity index (χ3n) is 2.81. The molecule has 1 aromatic rings. The molecule has 1 rings (SSSR count). The molecule has 0 radical (unpaired) electrons. The molecule has 0 spiro atoms. The molecular weight excluding hydrogens is 234 g/mol. The number of aliphatic hydroxyl groups is 1. The van der Waals surface area contributed by atoms with Crippen LogP contribution in [0.15, 0.2) is 23.6 Å². The molecule has 0 aliphatic rings. The van der Waals surface area contributed by atoms with Gasteiger partial charge in [0.1, 0.15) is 0 Å². The molecule has 1 heterocycles. The maximum atomic E-state index is 11.5. The zero-order chi connectivity index (χ0) is 12.9. The standard InChI is InChI=1S/C13H19NO2S/c1-10(2)13(3,16)9-14-12(15)7-6-11-5-4-8-17-11/h4-8,10,16H,9H2,1-3H3,(H,14,15). The monoisotopic (exact) mass is 253 g/mol. The molecule has 1 atom stereocenters. The first kappa shape index (κ1) is 13.9. The molecule has 0 bridgehead atoms. The van der Waals surface area contributed by atoms with E-state index in [9.17, 15) is 9.90 Å². The van der Waals surface area contributed by atoms with E-state index in [0.717, 1.165) is 4.88 Å². The molecular formula is C13H19NO2S. The number of hydrogen-bond acceptors (Lipinski definition) is 3. The highest BCUT2D eigenvalue weighted by Gasteiger charge is 2.24. The van der Waals surface area contributed by atoms with Crippen LogP contribution in [0.4, 0.5) is 0 Å². The van der Waals surface area contributed by atoms with Crippen molar-refractivity contribution in [3.8, 4) is 0 Å². The van der Waals surface area contributed by atoms with E-state index in [1.165, 1.54) is 6.08 Å². The van der Waals surface area contributed by atoms with Crippen LogP contribution >= 0.6 is 11.3 Å². The summed E-state index contributed by atoms with van der Waals surface area (Å²) in [6.45, 7) is 5.83.